The molecule has 1 aromatic rings. The summed E-state index contributed by atoms with van der Waals surface area (Å²) < 4.78 is 0. The van der Waals surface area contributed by atoms with Crippen molar-refractivity contribution < 1.29 is 4.79 Å². The Bertz CT molecular complexity index is 422. The number of benzene rings is 1. The standard InChI is InChI=1S/C13H16N2O/c16-12-10-3-1-2-4-11(10)13(9-15-12)5-7-14-8-6-13/h1-4,14H,5-9H2,(H,15,16). The van der Waals surface area contributed by atoms with E-state index in [1.807, 2.05) is 18.2 Å². The van der Waals surface area contributed by atoms with Gasteiger partial charge in [-0.1, -0.05) is 18.2 Å². The molecule has 2 aliphatic rings. The predicted molar refractivity (Wildman–Crippen MR) is 62.6 cm³/mol. The van der Waals surface area contributed by atoms with Gasteiger partial charge in [0.25, 0.3) is 5.91 Å². The third kappa shape index (κ3) is 1.35. The third-order valence-electron chi connectivity index (χ3n) is 3.89. The highest BCUT2D eigenvalue weighted by atomic mass is 16.1. The smallest absolute Gasteiger partial charge is 0.251 e. The first-order valence-corrected chi connectivity index (χ1v) is 5.90. The normalized spacial score (nSPS) is 22.6. The SMILES string of the molecule is O=C1NCC2(CCNCC2)c2ccccc21. The van der Waals surface area contributed by atoms with Gasteiger partial charge in [-0.15, -0.1) is 0 Å². The van der Waals surface area contributed by atoms with Crippen molar-refractivity contribution in [2.24, 2.45) is 0 Å². The molecule has 3 rings (SSSR count). The summed E-state index contributed by atoms with van der Waals surface area (Å²) in [6, 6.07) is 8.05. The van der Waals surface area contributed by atoms with Gasteiger partial charge in [-0.25, -0.2) is 0 Å². The molecule has 84 valence electrons. The largest absolute Gasteiger partial charge is 0.351 e. The number of fused-ring (bicyclic) bond motifs is 2. The Labute approximate surface area is 95.2 Å². The minimum absolute atomic E-state index is 0.0831. The Kier molecular flexibility index (Phi) is 2.21. The molecule has 0 radical (unpaired) electrons. The second-order valence-electron chi connectivity index (χ2n) is 4.76. The van der Waals surface area contributed by atoms with Crippen molar-refractivity contribution in [2.45, 2.75) is 18.3 Å². The van der Waals surface area contributed by atoms with Crippen LogP contribution >= 0.6 is 0 Å². The number of carbonyl (C=O) groups is 1. The summed E-state index contributed by atoms with van der Waals surface area (Å²) in [6.07, 6.45) is 2.23. The number of hydrogen-bond donors (Lipinski definition) is 2. The van der Waals surface area contributed by atoms with Gasteiger partial charge in [0.15, 0.2) is 0 Å². The summed E-state index contributed by atoms with van der Waals surface area (Å²) in [6.45, 7) is 2.89. The Hall–Kier alpha value is -1.35. The van der Waals surface area contributed by atoms with E-state index in [4.69, 9.17) is 0 Å². The van der Waals surface area contributed by atoms with Crippen LogP contribution in [0.4, 0.5) is 0 Å². The second-order valence-corrected chi connectivity index (χ2v) is 4.76. The highest BCUT2D eigenvalue weighted by Gasteiger charge is 2.39. The summed E-state index contributed by atoms with van der Waals surface area (Å²) >= 11 is 0. The van der Waals surface area contributed by atoms with Crippen molar-refractivity contribution in [3.05, 3.63) is 35.4 Å². The van der Waals surface area contributed by atoms with Gasteiger partial charge in [0.1, 0.15) is 0 Å². The molecule has 0 unspecified atom stereocenters. The van der Waals surface area contributed by atoms with E-state index in [0.717, 1.165) is 38.0 Å². The van der Waals surface area contributed by atoms with Crippen molar-refractivity contribution in [1.29, 1.82) is 0 Å². The molecule has 1 amide bonds. The number of amides is 1. The lowest BCUT2D eigenvalue weighted by Gasteiger charge is -2.42. The van der Waals surface area contributed by atoms with Gasteiger partial charge in [-0.05, 0) is 37.6 Å². The minimum Gasteiger partial charge on any atom is -0.351 e. The van der Waals surface area contributed by atoms with Gasteiger partial charge in [0.2, 0.25) is 0 Å². The van der Waals surface area contributed by atoms with Crippen molar-refractivity contribution in [1.82, 2.24) is 10.6 Å². The predicted octanol–water partition coefficient (Wildman–Crippen LogP) is 1.05. The number of hydrogen-bond acceptors (Lipinski definition) is 2. The van der Waals surface area contributed by atoms with E-state index in [1.54, 1.807) is 0 Å². The van der Waals surface area contributed by atoms with Gasteiger partial charge in [0.05, 0.1) is 0 Å². The molecule has 3 heteroatoms. The van der Waals surface area contributed by atoms with Gasteiger partial charge in [-0.2, -0.15) is 0 Å². The quantitative estimate of drug-likeness (QED) is 0.680. The molecule has 1 aromatic carbocycles. The first kappa shape index (κ1) is 9.85. The van der Waals surface area contributed by atoms with Crippen LogP contribution in [0.1, 0.15) is 28.8 Å². The van der Waals surface area contributed by atoms with E-state index >= 15 is 0 Å². The molecule has 2 N–H and O–H groups in total. The molecule has 1 spiro atoms. The Balaban J connectivity index is 2.09. The average molecular weight is 216 g/mol. The maximum Gasteiger partial charge on any atom is 0.251 e. The lowest BCUT2D eigenvalue weighted by atomic mass is 9.69. The fourth-order valence-electron chi connectivity index (χ4n) is 2.93. The van der Waals surface area contributed by atoms with Gasteiger partial charge >= 0.3 is 0 Å². The zero-order chi connectivity index (χ0) is 11.0. The molecular formula is C13H16N2O. The molecular weight excluding hydrogens is 200 g/mol. The zero-order valence-electron chi connectivity index (χ0n) is 9.25. The molecule has 1 fully saturated rings. The molecule has 0 atom stereocenters. The van der Waals surface area contributed by atoms with Gasteiger partial charge in [-0.3, -0.25) is 4.79 Å². The zero-order valence-corrected chi connectivity index (χ0v) is 9.25. The monoisotopic (exact) mass is 216 g/mol. The van der Waals surface area contributed by atoms with Crippen molar-refractivity contribution >= 4 is 5.91 Å². The fourth-order valence-corrected chi connectivity index (χ4v) is 2.93. The molecule has 3 nitrogen and oxygen atoms in total. The van der Waals surface area contributed by atoms with Crippen molar-refractivity contribution in [3.8, 4) is 0 Å². The van der Waals surface area contributed by atoms with E-state index in [1.165, 1.54) is 5.56 Å². The van der Waals surface area contributed by atoms with Crippen LogP contribution in [-0.2, 0) is 5.41 Å². The lowest BCUT2D eigenvalue weighted by Crippen LogP contribution is -2.51. The average Bonchev–Trinajstić information content (AvgIpc) is 2.36. The summed E-state index contributed by atoms with van der Waals surface area (Å²) in [5.74, 6) is 0.0831. The summed E-state index contributed by atoms with van der Waals surface area (Å²) in [5, 5.41) is 6.42. The molecule has 0 aromatic heterocycles. The van der Waals surface area contributed by atoms with Crippen LogP contribution in [0.25, 0.3) is 0 Å². The Morgan fingerprint density at radius 3 is 2.69 bits per heavy atom. The van der Waals surface area contributed by atoms with Crippen LogP contribution in [0, 0.1) is 0 Å². The van der Waals surface area contributed by atoms with Gasteiger partial charge in [0, 0.05) is 17.5 Å². The molecule has 1 saturated heterocycles. The third-order valence-corrected chi connectivity index (χ3v) is 3.89. The number of rotatable bonds is 0. The maximum absolute atomic E-state index is 11.8. The number of carbonyl (C=O) groups excluding carboxylic acids is 1. The molecule has 0 bridgehead atoms. The second kappa shape index (κ2) is 3.59. The van der Waals surface area contributed by atoms with E-state index in [9.17, 15) is 4.79 Å². The number of nitrogens with one attached hydrogen (secondary N) is 2. The minimum atomic E-state index is 0.0831. The van der Waals surface area contributed by atoms with Crippen molar-refractivity contribution in [2.75, 3.05) is 19.6 Å². The summed E-state index contributed by atoms with van der Waals surface area (Å²) in [4.78, 5) is 11.8. The van der Waals surface area contributed by atoms with Crippen LogP contribution in [0.15, 0.2) is 24.3 Å². The van der Waals surface area contributed by atoms with Crippen LogP contribution in [0.2, 0.25) is 0 Å². The Morgan fingerprint density at radius 2 is 1.88 bits per heavy atom. The summed E-state index contributed by atoms with van der Waals surface area (Å²) in [5.41, 5.74) is 2.30. The topological polar surface area (TPSA) is 41.1 Å². The molecule has 0 aliphatic carbocycles. The Morgan fingerprint density at radius 1 is 1.12 bits per heavy atom. The maximum atomic E-state index is 11.8. The number of piperidine rings is 1. The molecule has 2 heterocycles. The van der Waals surface area contributed by atoms with E-state index in [-0.39, 0.29) is 11.3 Å². The molecule has 2 aliphatic heterocycles. The highest BCUT2D eigenvalue weighted by Crippen LogP contribution is 2.37. The van der Waals surface area contributed by atoms with E-state index in [0.29, 0.717) is 0 Å². The first-order chi connectivity index (χ1) is 7.82. The van der Waals surface area contributed by atoms with Crippen LogP contribution in [-0.4, -0.2) is 25.5 Å². The van der Waals surface area contributed by atoms with Crippen LogP contribution in [0.3, 0.4) is 0 Å². The molecule has 16 heavy (non-hydrogen) atoms. The molecule has 0 saturated carbocycles. The highest BCUT2D eigenvalue weighted by molar-refractivity contribution is 5.97. The van der Waals surface area contributed by atoms with Crippen molar-refractivity contribution in [3.63, 3.8) is 0 Å². The summed E-state index contributed by atoms with van der Waals surface area (Å²) in [7, 11) is 0. The van der Waals surface area contributed by atoms with E-state index < -0.39 is 0 Å². The van der Waals surface area contributed by atoms with Crippen LogP contribution < -0.4 is 10.6 Å². The lowest BCUT2D eigenvalue weighted by molar-refractivity contribution is 0.0914. The van der Waals surface area contributed by atoms with E-state index in [2.05, 4.69) is 16.7 Å². The first-order valence-electron chi connectivity index (χ1n) is 5.90. The van der Waals surface area contributed by atoms with Crippen LogP contribution in [0.5, 0.6) is 0 Å². The van der Waals surface area contributed by atoms with Gasteiger partial charge < -0.3 is 10.6 Å². The fraction of sp³-hybridized carbons (Fsp3) is 0.462.